The highest BCUT2D eigenvalue weighted by molar-refractivity contribution is 6.29. The van der Waals surface area contributed by atoms with Gasteiger partial charge in [-0.2, -0.15) is 0 Å². The van der Waals surface area contributed by atoms with E-state index in [1.54, 1.807) is 42.9 Å². The van der Waals surface area contributed by atoms with E-state index in [1.165, 1.54) is 10.6 Å². The van der Waals surface area contributed by atoms with E-state index >= 15 is 0 Å². The number of amides is 1. The second-order valence-electron chi connectivity index (χ2n) is 11.4. The fourth-order valence-corrected chi connectivity index (χ4v) is 5.46. The molecule has 3 aromatic heterocycles. The maximum Gasteiger partial charge on any atom is 0.263 e. The molecule has 0 radical (unpaired) electrons. The van der Waals surface area contributed by atoms with Gasteiger partial charge in [0.05, 0.1) is 26.4 Å². The lowest BCUT2D eigenvalue weighted by Gasteiger charge is -2.28. The van der Waals surface area contributed by atoms with Gasteiger partial charge < -0.3 is 35.3 Å². The summed E-state index contributed by atoms with van der Waals surface area (Å²) >= 11 is 5.86. The summed E-state index contributed by atoms with van der Waals surface area (Å²) in [7, 11) is 0. The molecule has 4 heterocycles. The molecule has 1 fully saturated rings. The molecule has 0 saturated carbocycles. The number of halogens is 1. The third kappa shape index (κ3) is 8.79. The number of nitrogens with one attached hydrogen (secondary N) is 2. The second-order valence-corrected chi connectivity index (χ2v) is 11.8. The van der Waals surface area contributed by atoms with Crippen molar-refractivity contribution in [1.82, 2.24) is 24.8 Å². The molecule has 0 unspecified atom stereocenters. The lowest BCUT2D eigenvalue weighted by atomic mass is 10.1. The van der Waals surface area contributed by atoms with E-state index in [0.717, 1.165) is 54.2 Å². The molecule has 5 aromatic rings. The van der Waals surface area contributed by atoms with Crippen molar-refractivity contribution in [3.8, 4) is 5.75 Å². The molecule has 1 saturated heterocycles. The summed E-state index contributed by atoms with van der Waals surface area (Å²) in [6.45, 7) is 4.64. The molecule has 0 atom stereocenters. The fraction of sp³-hybridized carbons (Fsp3) is 0.250. The Kier molecular flexibility index (Phi) is 11.1. The second kappa shape index (κ2) is 16.2. The van der Waals surface area contributed by atoms with Crippen molar-refractivity contribution < 1.29 is 14.3 Å². The third-order valence-electron chi connectivity index (χ3n) is 7.87. The van der Waals surface area contributed by atoms with Gasteiger partial charge in [0.2, 0.25) is 5.95 Å². The highest BCUT2D eigenvalue weighted by Crippen LogP contribution is 2.29. The number of rotatable bonds is 13. The molecule has 0 spiro atoms. The zero-order valence-electron chi connectivity index (χ0n) is 26.8. The summed E-state index contributed by atoms with van der Waals surface area (Å²) in [6, 6.07) is 18.6. The van der Waals surface area contributed by atoms with Gasteiger partial charge in [-0.25, -0.2) is 15.0 Å². The van der Waals surface area contributed by atoms with Crippen molar-refractivity contribution >= 4 is 51.8 Å². The van der Waals surface area contributed by atoms with Gasteiger partial charge in [-0.05, 0) is 78.7 Å². The van der Waals surface area contributed by atoms with Gasteiger partial charge in [0, 0.05) is 55.0 Å². The van der Waals surface area contributed by atoms with Crippen LogP contribution in [-0.2, 0) is 11.3 Å². The van der Waals surface area contributed by atoms with Crippen LogP contribution in [0.5, 0.6) is 5.75 Å². The van der Waals surface area contributed by atoms with Gasteiger partial charge in [0.1, 0.15) is 22.0 Å². The topological polar surface area (TPSA) is 150 Å². The quantitative estimate of drug-likeness (QED) is 0.119. The monoisotopic (exact) mass is 680 g/mol. The van der Waals surface area contributed by atoms with E-state index in [0.29, 0.717) is 41.9 Å². The number of ether oxygens (including phenoxy) is 2. The largest absolute Gasteiger partial charge is 0.491 e. The Bertz CT molecular complexity index is 1980. The van der Waals surface area contributed by atoms with Crippen LogP contribution in [0.1, 0.15) is 27.9 Å². The first-order chi connectivity index (χ1) is 24.0. The normalized spacial score (nSPS) is 13.1. The third-order valence-corrected chi connectivity index (χ3v) is 8.10. The number of hydrogen-bond acceptors (Lipinski definition) is 10. The van der Waals surface area contributed by atoms with Crippen LogP contribution in [0, 0.1) is 0 Å². The number of nitrogens with zero attached hydrogens (tertiary/aromatic N) is 5. The van der Waals surface area contributed by atoms with E-state index < -0.39 is 11.5 Å². The smallest absolute Gasteiger partial charge is 0.263 e. The Morgan fingerprint density at radius 1 is 1.06 bits per heavy atom. The van der Waals surface area contributed by atoms with E-state index in [-0.39, 0.29) is 18.7 Å². The van der Waals surface area contributed by atoms with Crippen molar-refractivity contribution in [3.63, 3.8) is 0 Å². The van der Waals surface area contributed by atoms with Crippen LogP contribution in [0.15, 0.2) is 90.1 Å². The number of aromatic nitrogens is 4. The molecule has 13 heteroatoms. The highest BCUT2D eigenvalue weighted by Gasteiger charge is 2.14. The average Bonchev–Trinajstić information content (AvgIpc) is 3.13. The van der Waals surface area contributed by atoms with Crippen LogP contribution in [-0.4, -0.2) is 71.4 Å². The minimum Gasteiger partial charge on any atom is -0.491 e. The zero-order chi connectivity index (χ0) is 34.0. The molecule has 0 aliphatic carbocycles. The maximum absolute atomic E-state index is 13.0. The molecule has 6 rings (SSSR count). The van der Waals surface area contributed by atoms with E-state index in [9.17, 15) is 9.59 Å². The molecule has 1 aliphatic heterocycles. The van der Waals surface area contributed by atoms with E-state index in [2.05, 4.69) is 37.6 Å². The Balaban J connectivity index is 1.12. The number of morpholine rings is 1. The Morgan fingerprint density at radius 2 is 1.90 bits per heavy atom. The van der Waals surface area contributed by atoms with Crippen LogP contribution in [0.3, 0.4) is 0 Å². The molecule has 4 N–H and O–H groups in total. The van der Waals surface area contributed by atoms with E-state index in [1.807, 2.05) is 30.3 Å². The van der Waals surface area contributed by atoms with Crippen LogP contribution in [0.4, 0.5) is 17.3 Å². The number of benzene rings is 2. The lowest BCUT2D eigenvalue weighted by Crippen LogP contribution is -2.36. The summed E-state index contributed by atoms with van der Waals surface area (Å²) in [5.74, 6) is 0.585. The van der Waals surface area contributed by atoms with E-state index in [4.69, 9.17) is 31.8 Å². The Hall–Kier alpha value is -5.30. The predicted molar refractivity (Wildman–Crippen MR) is 192 cm³/mol. The maximum atomic E-state index is 13.0. The molecule has 1 amide bonds. The number of hydrogen-bond donors (Lipinski definition) is 3. The molecular weight excluding hydrogens is 644 g/mol. The number of pyridine rings is 2. The minimum atomic E-state index is -0.466. The summed E-state index contributed by atoms with van der Waals surface area (Å²) in [4.78, 5) is 41.6. The van der Waals surface area contributed by atoms with Gasteiger partial charge in [0.15, 0.2) is 0 Å². The SMILES string of the molecule is NCCCOc1cc(/C=C/CNC(=O)c2cccn(Cc3ccc(Cl)nc3)c2=O)cc2cnc(Nc3ccc(N4CCOCC4)cc3)nc12. The van der Waals surface area contributed by atoms with Crippen molar-refractivity contribution in [2.45, 2.75) is 13.0 Å². The van der Waals surface area contributed by atoms with Gasteiger partial charge in [-0.15, -0.1) is 0 Å². The number of fused-ring (bicyclic) bond motifs is 1. The summed E-state index contributed by atoms with van der Waals surface area (Å²) in [5.41, 5.74) is 9.68. The van der Waals surface area contributed by atoms with Gasteiger partial charge >= 0.3 is 0 Å². The standard InChI is InChI=1S/C36H37ClN8O4/c37-32-11-6-26(22-40-32)24-45-14-2-5-30(35(45)47)34(46)39-13-1-4-25-20-27-23-41-36(43-33(27)31(21-25)49-17-3-12-38)42-28-7-9-29(10-8-28)44-15-18-48-19-16-44/h1-2,4-11,14,20-23H,3,12-13,15-19,24,38H2,(H,39,46)(H,41,42,43)/b4-1+. The van der Waals surface area contributed by atoms with Crippen LogP contribution >= 0.6 is 11.6 Å². The molecule has 0 bridgehead atoms. The van der Waals surface area contributed by atoms with Crippen molar-refractivity contribution in [2.24, 2.45) is 5.73 Å². The first-order valence-electron chi connectivity index (χ1n) is 16.0. The first-order valence-corrected chi connectivity index (χ1v) is 16.4. The molecule has 1 aliphatic rings. The zero-order valence-corrected chi connectivity index (χ0v) is 27.6. The summed E-state index contributed by atoms with van der Waals surface area (Å²) in [5, 5.41) is 7.26. The van der Waals surface area contributed by atoms with Gasteiger partial charge in [-0.3, -0.25) is 9.59 Å². The summed E-state index contributed by atoms with van der Waals surface area (Å²) < 4.78 is 13.0. The van der Waals surface area contributed by atoms with Crippen molar-refractivity contribution in [2.75, 3.05) is 56.2 Å². The highest BCUT2D eigenvalue weighted by atomic mass is 35.5. The number of carbonyl (C=O) groups excluding carboxylic acids is 1. The number of anilines is 3. The fourth-order valence-electron chi connectivity index (χ4n) is 5.35. The van der Waals surface area contributed by atoms with Crippen LogP contribution in [0.2, 0.25) is 5.15 Å². The molecule has 252 valence electrons. The van der Waals surface area contributed by atoms with Gasteiger partial charge in [-0.1, -0.05) is 29.8 Å². The average molecular weight is 681 g/mol. The molecule has 49 heavy (non-hydrogen) atoms. The van der Waals surface area contributed by atoms with Crippen LogP contribution in [0.25, 0.3) is 17.0 Å². The summed E-state index contributed by atoms with van der Waals surface area (Å²) in [6.07, 6.45) is 9.35. The van der Waals surface area contributed by atoms with Crippen molar-refractivity contribution in [1.29, 1.82) is 0 Å². The Labute approximate surface area is 288 Å². The molecule has 12 nitrogen and oxygen atoms in total. The van der Waals surface area contributed by atoms with Gasteiger partial charge in [0.25, 0.3) is 11.5 Å². The number of carbonyl (C=O) groups is 1. The van der Waals surface area contributed by atoms with Crippen LogP contribution < -0.4 is 31.6 Å². The van der Waals surface area contributed by atoms with Crippen molar-refractivity contribution in [3.05, 3.63) is 118 Å². The molecule has 2 aromatic carbocycles. The minimum absolute atomic E-state index is 0.0497. The number of nitrogens with two attached hydrogens (primary N) is 1. The lowest BCUT2D eigenvalue weighted by molar-refractivity contribution is 0.0956. The molecular formula is C36H37ClN8O4. The Morgan fingerprint density at radius 3 is 2.67 bits per heavy atom. The predicted octanol–water partition coefficient (Wildman–Crippen LogP) is 4.64. The first kappa shape index (κ1) is 33.6.